The number of unbranched alkanes of at least 4 members (excludes halogenated alkanes) is 2. The van der Waals surface area contributed by atoms with Crippen molar-refractivity contribution in [3.05, 3.63) is 35.6 Å². The van der Waals surface area contributed by atoms with Crippen LogP contribution in [0.25, 0.3) is 0 Å². The van der Waals surface area contributed by atoms with Gasteiger partial charge in [0, 0.05) is 0 Å². The number of hydrogen-bond acceptors (Lipinski definition) is 0. The van der Waals surface area contributed by atoms with Gasteiger partial charge in [0.2, 0.25) is 0 Å². The third-order valence-electron chi connectivity index (χ3n) is 6.87. The molecular weight excluding hydrogens is 295 g/mol. The zero-order valence-corrected chi connectivity index (χ0v) is 15.5. The van der Waals surface area contributed by atoms with E-state index in [1.807, 2.05) is 6.07 Å². The highest BCUT2D eigenvalue weighted by atomic mass is 19.1. The first-order valence-electron chi connectivity index (χ1n) is 10.5. The molecular formula is C23H35F. The third-order valence-corrected chi connectivity index (χ3v) is 6.87. The Morgan fingerprint density at radius 2 is 1.54 bits per heavy atom. The molecule has 0 aromatic heterocycles. The van der Waals surface area contributed by atoms with Crippen molar-refractivity contribution < 1.29 is 4.39 Å². The maximum Gasteiger partial charge on any atom is 0.123 e. The monoisotopic (exact) mass is 330 g/mol. The molecule has 1 heteroatoms. The minimum atomic E-state index is -0.0731. The molecule has 0 atom stereocenters. The van der Waals surface area contributed by atoms with E-state index >= 15 is 0 Å². The molecule has 0 N–H and O–H groups in total. The van der Waals surface area contributed by atoms with E-state index in [1.54, 1.807) is 12.1 Å². The van der Waals surface area contributed by atoms with Crippen LogP contribution in [0.4, 0.5) is 4.39 Å². The predicted octanol–water partition coefficient (Wildman–Crippen LogP) is 7.49. The first-order valence-corrected chi connectivity index (χ1v) is 10.5. The zero-order valence-electron chi connectivity index (χ0n) is 15.5. The first kappa shape index (κ1) is 18.0. The second-order valence-corrected chi connectivity index (χ2v) is 8.44. The largest absolute Gasteiger partial charge is 0.207 e. The lowest BCUT2D eigenvalue weighted by molar-refractivity contribution is 0.155. The highest BCUT2D eigenvalue weighted by Gasteiger charge is 2.31. The van der Waals surface area contributed by atoms with Crippen LogP contribution >= 0.6 is 0 Å². The van der Waals surface area contributed by atoms with E-state index in [2.05, 4.69) is 13.0 Å². The first-order chi connectivity index (χ1) is 11.8. The molecule has 0 spiro atoms. The van der Waals surface area contributed by atoms with Crippen molar-refractivity contribution in [2.45, 2.75) is 89.9 Å². The van der Waals surface area contributed by atoms with Crippen LogP contribution in [-0.4, -0.2) is 0 Å². The summed E-state index contributed by atoms with van der Waals surface area (Å²) in [5, 5.41) is 0. The highest BCUT2D eigenvalue weighted by Crippen LogP contribution is 2.44. The fourth-order valence-electron chi connectivity index (χ4n) is 5.32. The summed E-state index contributed by atoms with van der Waals surface area (Å²) < 4.78 is 13.4. The van der Waals surface area contributed by atoms with Gasteiger partial charge < -0.3 is 0 Å². The van der Waals surface area contributed by atoms with Crippen LogP contribution in [0.15, 0.2) is 24.3 Å². The van der Waals surface area contributed by atoms with Crippen molar-refractivity contribution in [3.63, 3.8) is 0 Å². The summed E-state index contributed by atoms with van der Waals surface area (Å²) in [6, 6.07) is 7.31. The van der Waals surface area contributed by atoms with Crippen LogP contribution in [0.5, 0.6) is 0 Å². The van der Waals surface area contributed by atoms with Crippen molar-refractivity contribution in [1.82, 2.24) is 0 Å². The van der Waals surface area contributed by atoms with Crippen LogP contribution in [0.2, 0.25) is 0 Å². The van der Waals surface area contributed by atoms with Gasteiger partial charge in [0.05, 0.1) is 0 Å². The molecule has 0 bridgehead atoms. The van der Waals surface area contributed by atoms with Crippen molar-refractivity contribution in [3.8, 4) is 0 Å². The quantitative estimate of drug-likeness (QED) is 0.474. The smallest absolute Gasteiger partial charge is 0.123 e. The molecule has 2 aliphatic rings. The Morgan fingerprint density at radius 1 is 0.875 bits per heavy atom. The highest BCUT2D eigenvalue weighted by molar-refractivity contribution is 5.21. The lowest BCUT2D eigenvalue weighted by atomic mass is 9.68. The summed E-state index contributed by atoms with van der Waals surface area (Å²) in [7, 11) is 0. The average Bonchev–Trinajstić information content (AvgIpc) is 2.63. The maximum atomic E-state index is 13.4. The molecule has 0 heterocycles. The molecule has 2 fully saturated rings. The standard InChI is InChI=1S/C23H35F/c1-2-3-4-6-18-9-11-19(12-10-18)20-13-15-21(16-14-20)22-7-5-8-23(24)17-22/h5,7-8,17-21H,2-4,6,9-16H2,1H3. The molecule has 1 aromatic carbocycles. The minimum Gasteiger partial charge on any atom is -0.207 e. The summed E-state index contributed by atoms with van der Waals surface area (Å²) in [6.07, 6.45) is 16.9. The molecule has 0 saturated heterocycles. The summed E-state index contributed by atoms with van der Waals surface area (Å²) >= 11 is 0. The van der Waals surface area contributed by atoms with Gasteiger partial charge in [-0.15, -0.1) is 0 Å². The fourth-order valence-corrected chi connectivity index (χ4v) is 5.32. The van der Waals surface area contributed by atoms with Gasteiger partial charge in [-0.1, -0.05) is 57.6 Å². The van der Waals surface area contributed by atoms with Crippen LogP contribution in [0, 0.1) is 23.6 Å². The number of rotatable bonds is 6. The molecule has 1 aromatic rings. The van der Waals surface area contributed by atoms with Crippen molar-refractivity contribution in [2.75, 3.05) is 0 Å². The Labute approximate surface area is 148 Å². The Bertz CT molecular complexity index is 479. The molecule has 0 aliphatic heterocycles. The molecule has 3 rings (SSSR count). The van der Waals surface area contributed by atoms with E-state index in [4.69, 9.17) is 0 Å². The topological polar surface area (TPSA) is 0 Å². The molecule has 0 nitrogen and oxygen atoms in total. The lowest BCUT2D eigenvalue weighted by Gasteiger charge is -2.38. The third kappa shape index (κ3) is 4.83. The van der Waals surface area contributed by atoms with Crippen LogP contribution in [0.1, 0.15) is 95.5 Å². The average molecular weight is 331 g/mol. The molecule has 24 heavy (non-hydrogen) atoms. The Hall–Kier alpha value is -0.850. The van der Waals surface area contributed by atoms with Crippen LogP contribution < -0.4 is 0 Å². The van der Waals surface area contributed by atoms with Gasteiger partial charge in [0.25, 0.3) is 0 Å². The SMILES string of the molecule is CCCCCC1CCC(C2CCC(c3cccc(F)c3)CC2)CC1. The number of hydrogen-bond donors (Lipinski definition) is 0. The summed E-state index contributed by atoms with van der Waals surface area (Å²) in [5.74, 6) is 3.49. The number of benzene rings is 1. The molecule has 0 amide bonds. The summed E-state index contributed by atoms with van der Waals surface area (Å²) in [5.41, 5.74) is 1.23. The van der Waals surface area contributed by atoms with Gasteiger partial charge in [0.1, 0.15) is 5.82 Å². The van der Waals surface area contributed by atoms with Crippen LogP contribution in [0.3, 0.4) is 0 Å². The Morgan fingerprint density at radius 3 is 2.17 bits per heavy atom. The van der Waals surface area contributed by atoms with E-state index in [0.717, 1.165) is 17.8 Å². The van der Waals surface area contributed by atoms with Gasteiger partial charge in [-0.3, -0.25) is 0 Å². The van der Waals surface area contributed by atoms with E-state index in [9.17, 15) is 4.39 Å². The van der Waals surface area contributed by atoms with Crippen molar-refractivity contribution >= 4 is 0 Å². The van der Waals surface area contributed by atoms with Gasteiger partial charge >= 0.3 is 0 Å². The Kier molecular flexibility index (Phi) is 6.75. The second kappa shape index (κ2) is 9.02. The lowest BCUT2D eigenvalue weighted by Crippen LogP contribution is -2.25. The van der Waals surface area contributed by atoms with E-state index in [1.165, 1.54) is 82.6 Å². The van der Waals surface area contributed by atoms with E-state index in [-0.39, 0.29) is 5.82 Å². The molecule has 2 saturated carbocycles. The van der Waals surface area contributed by atoms with Gasteiger partial charge in [-0.05, 0) is 79.9 Å². The van der Waals surface area contributed by atoms with Gasteiger partial charge in [0.15, 0.2) is 0 Å². The van der Waals surface area contributed by atoms with Crippen molar-refractivity contribution in [1.29, 1.82) is 0 Å². The Balaban J connectivity index is 1.41. The minimum absolute atomic E-state index is 0.0731. The van der Waals surface area contributed by atoms with Gasteiger partial charge in [-0.25, -0.2) is 4.39 Å². The predicted molar refractivity (Wildman–Crippen MR) is 101 cm³/mol. The van der Waals surface area contributed by atoms with Crippen LogP contribution in [-0.2, 0) is 0 Å². The number of halogens is 1. The van der Waals surface area contributed by atoms with E-state index in [0.29, 0.717) is 5.92 Å². The van der Waals surface area contributed by atoms with Gasteiger partial charge in [-0.2, -0.15) is 0 Å². The maximum absolute atomic E-state index is 13.4. The summed E-state index contributed by atoms with van der Waals surface area (Å²) in [6.45, 7) is 2.30. The normalized spacial score (nSPS) is 31.1. The molecule has 0 unspecified atom stereocenters. The van der Waals surface area contributed by atoms with Crippen molar-refractivity contribution in [2.24, 2.45) is 17.8 Å². The summed E-state index contributed by atoms with van der Waals surface area (Å²) in [4.78, 5) is 0. The zero-order chi connectivity index (χ0) is 16.8. The molecule has 0 radical (unpaired) electrons. The fraction of sp³-hybridized carbons (Fsp3) is 0.739. The van der Waals surface area contributed by atoms with E-state index < -0.39 is 0 Å². The second-order valence-electron chi connectivity index (χ2n) is 8.44. The molecule has 2 aliphatic carbocycles. The molecule has 134 valence electrons.